The van der Waals surface area contributed by atoms with Crippen molar-refractivity contribution in [2.75, 3.05) is 0 Å². The molecule has 1 saturated heterocycles. The fourth-order valence-corrected chi connectivity index (χ4v) is 4.93. The van der Waals surface area contributed by atoms with Crippen LogP contribution in [0, 0.1) is 0 Å². The normalized spacial score (nSPS) is 15.8. The summed E-state index contributed by atoms with van der Waals surface area (Å²) >= 11 is 0. The van der Waals surface area contributed by atoms with Crippen LogP contribution >= 0.6 is 0 Å². The zero-order valence-corrected chi connectivity index (χ0v) is 22.9. The van der Waals surface area contributed by atoms with Gasteiger partial charge in [-0.15, -0.1) is 0 Å². The van der Waals surface area contributed by atoms with Gasteiger partial charge in [0.15, 0.2) is 0 Å². The predicted octanol–water partition coefficient (Wildman–Crippen LogP) is 8.05. The first-order valence-corrected chi connectivity index (χ1v) is 13.5. The molecule has 0 radical (unpaired) electrons. The fraction of sp³-hybridized carbons (Fsp3) is 0.171. The van der Waals surface area contributed by atoms with Crippen LogP contribution < -0.4 is 5.46 Å². The van der Waals surface area contributed by atoms with Crippen molar-refractivity contribution in [1.29, 1.82) is 0 Å². The molecule has 6 rings (SSSR count). The second-order valence-electron chi connectivity index (χ2n) is 11.2. The summed E-state index contributed by atoms with van der Waals surface area (Å²) in [5.74, 6) is 0. The van der Waals surface area contributed by atoms with E-state index in [9.17, 15) is 0 Å². The lowest BCUT2D eigenvalue weighted by atomic mass is 9.78. The van der Waals surface area contributed by atoms with Crippen molar-refractivity contribution in [2.24, 2.45) is 0 Å². The van der Waals surface area contributed by atoms with Crippen LogP contribution in [-0.4, -0.2) is 23.3 Å². The molecule has 0 unspecified atom stereocenters. The highest BCUT2D eigenvalue weighted by molar-refractivity contribution is 6.62. The molecule has 2 heterocycles. The number of hydrogen-bond acceptors (Lipinski definition) is 3. The highest BCUT2D eigenvalue weighted by atomic mass is 16.7. The molecule has 1 aliphatic rings. The highest BCUT2D eigenvalue weighted by Gasteiger charge is 2.51. The topological polar surface area (TPSA) is 31.4 Å². The van der Waals surface area contributed by atoms with E-state index in [1.165, 1.54) is 0 Å². The van der Waals surface area contributed by atoms with Gasteiger partial charge in [0, 0.05) is 11.1 Å². The molecule has 0 N–H and O–H groups in total. The van der Waals surface area contributed by atoms with Crippen molar-refractivity contribution in [2.45, 2.75) is 38.9 Å². The zero-order valence-electron chi connectivity index (χ0n) is 22.9. The van der Waals surface area contributed by atoms with Crippen LogP contribution in [-0.2, 0) is 9.31 Å². The van der Waals surface area contributed by atoms with Crippen molar-refractivity contribution in [3.8, 4) is 44.8 Å². The highest BCUT2D eigenvalue weighted by Crippen LogP contribution is 2.37. The van der Waals surface area contributed by atoms with Crippen LogP contribution in [0.3, 0.4) is 0 Å². The number of nitrogens with zero attached hydrogens (tertiary/aromatic N) is 1. The van der Waals surface area contributed by atoms with Crippen LogP contribution in [0.1, 0.15) is 27.7 Å². The molecule has 5 aromatic rings. The van der Waals surface area contributed by atoms with Gasteiger partial charge in [0.1, 0.15) is 0 Å². The average molecular weight is 509 g/mol. The average Bonchev–Trinajstić information content (AvgIpc) is 3.20. The molecule has 0 saturated carbocycles. The monoisotopic (exact) mass is 509 g/mol. The van der Waals surface area contributed by atoms with E-state index in [1.807, 2.05) is 12.1 Å². The minimum Gasteiger partial charge on any atom is -0.399 e. The van der Waals surface area contributed by atoms with E-state index in [-0.39, 0.29) is 18.3 Å². The Kier molecular flexibility index (Phi) is 6.46. The van der Waals surface area contributed by atoms with E-state index in [0.717, 1.165) is 50.2 Å². The van der Waals surface area contributed by atoms with Crippen molar-refractivity contribution in [3.63, 3.8) is 0 Å². The van der Waals surface area contributed by atoms with Gasteiger partial charge in [0.25, 0.3) is 0 Å². The number of rotatable bonds is 5. The number of hydrogen-bond donors (Lipinski definition) is 0. The maximum Gasteiger partial charge on any atom is 0.494 e. The minimum absolute atomic E-state index is 0.373. The second-order valence-corrected chi connectivity index (χ2v) is 11.2. The summed E-state index contributed by atoms with van der Waals surface area (Å²) in [6.45, 7) is 8.34. The largest absolute Gasteiger partial charge is 0.494 e. The summed E-state index contributed by atoms with van der Waals surface area (Å²) in [5.41, 5.74) is 8.94. The van der Waals surface area contributed by atoms with E-state index in [1.54, 1.807) is 0 Å². The van der Waals surface area contributed by atoms with Crippen LogP contribution in [0.25, 0.3) is 44.8 Å². The summed E-state index contributed by atoms with van der Waals surface area (Å²) in [6.07, 6.45) is 0. The van der Waals surface area contributed by atoms with Crippen LogP contribution in [0.2, 0.25) is 0 Å². The molecule has 4 heteroatoms. The Bertz CT molecular complexity index is 1540. The maximum atomic E-state index is 6.32. The van der Waals surface area contributed by atoms with Gasteiger partial charge in [-0.1, -0.05) is 103 Å². The van der Waals surface area contributed by atoms with Crippen molar-refractivity contribution < 1.29 is 9.31 Å². The summed E-state index contributed by atoms with van der Waals surface area (Å²) in [6, 6.07) is 42.3. The number of benzene rings is 4. The first-order chi connectivity index (χ1) is 18.8. The molecule has 4 aromatic carbocycles. The molecule has 0 spiro atoms. The molecule has 3 nitrogen and oxygen atoms in total. The minimum atomic E-state index is -0.389. The Morgan fingerprint density at radius 3 is 1.44 bits per heavy atom. The SMILES string of the molecule is CC1(C)OB(c2cccc(-c3cccc(-c4cc(-c5ccccc5)nc(-c5ccccc5)c4)c3)c2)OC1(C)C. The standard InChI is InChI=1S/C35H32BNO2/c1-34(2)35(3,4)39-36(38-34)31-20-12-19-29(22-31)27-17-11-18-28(21-27)30-23-32(25-13-7-5-8-14-25)37-33(24-30)26-15-9-6-10-16-26/h5-24H,1-4H3. The lowest BCUT2D eigenvalue weighted by Crippen LogP contribution is -2.41. The Morgan fingerprint density at radius 1 is 0.462 bits per heavy atom. The quantitative estimate of drug-likeness (QED) is 0.225. The third-order valence-electron chi connectivity index (χ3n) is 7.91. The third-order valence-corrected chi connectivity index (χ3v) is 7.91. The summed E-state index contributed by atoms with van der Waals surface area (Å²) in [5, 5.41) is 0. The molecule has 39 heavy (non-hydrogen) atoms. The molecule has 0 aliphatic carbocycles. The maximum absolute atomic E-state index is 6.32. The number of aromatic nitrogens is 1. The summed E-state index contributed by atoms with van der Waals surface area (Å²) in [4.78, 5) is 5.03. The van der Waals surface area contributed by atoms with E-state index >= 15 is 0 Å². The molecular weight excluding hydrogens is 477 g/mol. The molecule has 0 bridgehead atoms. The second kappa shape index (κ2) is 9.96. The lowest BCUT2D eigenvalue weighted by molar-refractivity contribution is 0.00578. The van der Waals surface area contributed by atoms with Gasteiger partial charge in [0.2, 0.25) is 0 Å². The van der Waals surface area contributed by atoms with Gasteiger partial charge >= 0.3 is 7.12 Å². The van der Waals surface area contributed by atoms with Crippen molar-refractivity contribution in [1.82, 2.24) is 4.98 Å². The molecule has 1 fully saturated rings. The molecule has 192 valence electrons. The van der Waals surface area contributed by atoms with E-state index in [4.69, 9.17) is 14.3 Å². The van der Waals surface area contributed by atoms with E-state index in [0.29, 0.717) is 0 Å². The Labute approximate surface area is 231 Å². The van der Waals surface area contributed by atoms with Crippen LogP contribution in [0.15, 0.2) is 121 Å². The molecule has 0 amide bonds. The third kappa shape index (κ3) is 5.06. The first kappa shape index (κ1) is 25.3. The molecular formula is C35H32BNO2. The fourth-order valence-electron chi connectivity index (χ4n) is 4.93. The first-order valence-electron chi connectivity index (χ1n) is 13.5. The molecule has 1 aromatic heterocycles. The van der Waals surface area contributed by atoms with Gasteiger partial charge in [-0.25, -0.2) is 4.98 Å². The lowest BCUT2D eigenvalue weighted by Gasteiger charge is -2.32. The van der Waals surface area contributed by atoms with E-state index in [2.05, 4.69) is 137 Å². The van der Waals surface area contributed by atoms with Gasteiger partial charge in [0.05, 0.1) is 22.6 Å². The summed E-state index contributed by atoms with van der Waals surface area (Å²) < 4.78 is 12.6. The van der Waals surface area contributed by atoms with Crippen LogP contribution in [0.4, 0.5) is 0 Å². The van der Waals surface area contributed by atoms with Gasteiger partial charge in [-0.05, 0) is 73.6 Å². The van der Waals surface area contributed by atoms with Crippen molar-refractivity contribution in [3.05, 3.63) is 121 Å². The van der Waals surface area contributed by atoms with E-state index < -0.39 is 0 Å². The van der Waals surface area contributed by atoms with Gasteiger partial charge in [-0.3, -0.25) is 0 Å². The molecule has 0 atom stereocenters. The summed E-state index contributed by atoms with van der Waals surface area (Å²) in [7, 11) is -0.389. The Morgan fingerprint density at radius 2 is 0.897 bits per heavy atom. The zero-order chi connectivity index (χ0) is 27.0. The molecule has 1 aliphatic heterocycles. The van der Waals surface area contributed by atoms with Crippen LogP contribution in [0.5, 0.6) is 0 Å². The number of pyridine rings is 1. The predicted molar refractivity (Wildman–Crippen MR) is 162 cm³/mol. The smallest absolute Gasteiger partial charge is 0.399 e. The van der Waals surface area contributed by atoms with Gasteiger partial charge in [-0.2, -0.15) is 0 Å². The van der Waals surface area contributed by atoms with Crippen molar-refractivity contribution >= 4 is 12.6 Å². The van der Waals surface area contributed by atoms with Gasteiger partial charge < -0.3 is 9.31 Å². The Balaban J connectivity index is 1.39. The Hall–Kier alpha value is -3.99.